The second-order valence-corrected chi connectivity index (χ2v) is 4.46. The zero-order valence-electron chi connectivity index (χ0n) is 10.7. The normalized spacial score (nSPS) is 10.1. The summed E-state index contributed by atoms with van der Waals surface area (Å²) in [5, 5.41) is 22.2. The Balaban J connectivity index is 2.41. The van der Waals surface area contributed by atoms with Crippen molar-refractivity contribution >= 4 is 17.6 Å². The summed E-state index contributed by atoms with van der Waals surface area (Å²) in [6.07, 6.45) is 0. The highest BCUT2D eigenvalue weighted by Crippen LogP contribution is 2.32. The van der Waals surface area contributed by atoms with Crippen molar-refractivity contribution in [1.29, 1.82) is 5.26 Å². The van der Waals surface area contributed by atoms with Gasteiger partial charge >= 0.3 is 5.97 Å². The van der Waals surface area contributed by atoms with Crippen LogP contribution in [0.2, 0.25) is 5.02 Å². The molecule has 0 aliphatic rings. The highest BCUT2D eigenvalue weighted by Gasteiger charge is 2.17. The Morgan fingerprint density at radius 1 is 1.55 bits per heavy atom. The Morgan fingerprint density at radius 2 is 2.25 bits per heavy atom. The zero-order valence-corrected chi connectivity index (χ0v) is 11.5. The van der Waals surface area contributed by atoms with Crippen LogP contribution in [0, 0.1) is 18.3 Å². The van der Waals surface area contributed by atoms with E-state index in [9.17, 15) is 4.79 Å². The standard InChI is InChI=1S/C13H10ClN3O3/c1-7-9(6-15)12(17(2)16-7)20-11-4-3-8(13(18)19)5-10(11)14/h3-5H,1-2H3,(H,18,19). The molecule has 1 aromatic carbocycles. The fourth-order valence-electron chi connectivity index (χ4n) is 1.70. The molecule has 0 aliphatic carbocycles. The molecular formula is C13H10ClN3O3. The van der Waals surface area contributed by atoms with Gasteiger partial charge in [-0.05, 0) is 25.1 Å². The van der Waals surface area contributed by atoms with Crippen molar-refractivity contribution in [3.8, 4) is 17.7 Å². The van der Waals surface area contributed by atoms with Gasteiger partial charge in [-0.1, -0.05) is 11.6 Å². The van der Waals surface area contributed by atoms with E-state index in [-0.39, 0.29) is 22.2 Å². The molecule has 0 bridgehead atoms. The number of aromatic carboxylic acids is 1. The summed E-state index contributed by atoms with van der Waals surface area (Å²) in [6.45, 7) is 1.69. The van der Waals surface area contributed by atoms with E-state index in [1.165, 1.54) is 22.9 Å². The van der Waals surface area contributed by atoms with Crippen molar-refractivity contribution < 1.29 is 14.6 Å². The number of nitriles is 1. The molecule has 1 N–H and O–H groups in total. The molecule has 2 rings (SSSR count). The fraction of sp³-hybridized carbons (Fsp3) is 0.154. The first-order chi connectivity index (χ1) is 9.43. The Bertz CT molecular complexity index is 731. The smallest absolute Gasteiger partial charge is 0.335 e. The maximum Gasteiger partial charge on any atom is 0.335 e. The third kappa shape index (κ3) is 2.44. The molecule has 7 heteroatoms. The lowest BCUT2D eigenvalue weighted by Crippen LogP contribution is -1.99. The summed E-state index contributed by atoms with van der Waals surface area (Å²) in [5.74, 6) is -0.557. The van der Waals surface area contributed by atoms with E-state index in [0.29, 0.717) is 11.3 Å². The van der Waals surface area contributed by atoms with Crippen LogP contribution < -0.4 is 4.74 Å². The van der Waals surface area contributed by atoms with E-state index in [2.05, 4.69) is 5.10 Å². The molecule has 0 unspecified atom stereocenters. The maximum atomic E-state index is 10.8. The number of hydrogen-bond donors (Lipinski definition) is 1. The van der Waals surface area contributed by atoms with E-state index >= 15 is 0 Å². The van der Waals surface area contributed by atoms with Crippen molar-refractivity contribution in [2.45, 2.75) is 6.92 Å². The second-order valence-electron chi connectivity index (χ2n) is 4.05. The monoisotopic (exact) mass is 291 g/mol. The number of carbonyl (C=O) groups is 1. The number of rotatable bonds is 3. The first kappa shape index (κ1) is 13.9. The van der Waals surface area contributed by atoms with Crippen LogP contribution in [0.3, 0.4) is 0 Å². The van der Waals surface area contributed by atoms with Crippen LogP contribution in [-0.4, -0.2) is 20.9 Å². The predicted molar refractivity (Wildman–Crippen MR) is 71.1 cm³/mol. The van der Waals surface area contributed by atoms with E-state index in [1.54, 1.807) is 14.0 Å². The Labute approximate surface area is 119 Å². The van der Waals surface area contributed by atoms with Crippen LogP contribution in [0.1, 0.15) is 21.6 Å². The third-order valence-corrected chi connectivity index (χ3v) is 2.96. The van der Waals surface area contributed by atoms with Crippen molar-refractivity contribution in [2.24, 2.45) is 7.05 Å². The van der Waals surface area contributed by atoms with Gasteiger partial charge in [0.2, 0.25) is 5.88 Å². The van der Waals surface area contributed by atoms with Gasteiger partial charge < -0.3 is 9.84 Å². The van der Waals surface area contributed by atoms with E-state index < -0.39 is 5.97 Å². The van der Waals surface area contributed by atoms with E-state index in [0.717, 1.165) is 0 Å². The van der Waals surface area contributed by atoms with Crippen LogP contribution in [-0.2, 0) is 7.05 Å². The van der Waals surface area contributed by atoms with Crippen molar-refractivity contribution in [3.63, 3.8) is 0 Å². The van der Waals surface area contributed by atoms with Gasteiger partial charge in [0.1, 0.15) is 17.4 Å². The summed E-state index contributed by atoms with van der Waals surface area (Å²) in [6, 6.07) is 6.11. The number of nitrogens with zero attached hydrogens (tertiary/aromatic N) is 3. The maximum absolute atomic E-state index is 10.8. The SMILES string of the molecule is Cc1nn(C)c(Oc2ccc(C(=O)O)cc2Cl)c1C#N. The van der Waals surface area contributed by atoms with Gasteiger partial charge in [0.05, 0.1) is 16.3 Å². The molecule has 0 radical (unpaired) electrons. The summed E-state index contributed by atoms with van der Waals surface area (Å²) in [7, 11) is 1.64. The van der Waals surface area contributed by atoms with Crippen molar-refractivity contribution in [3.05, 3.63) is 40.0 Å². The number of carboxylic acid groups (broad SMARTS) is 1. The van der Waals surface area contributed by atoms with Gasteiger partial charge in [-0.15, -0.1) is 0 Å². The summed E-state index contributed by atoms with van der Waals surface area (Å²) < 4.78 is 7.00. The van der Waals surface area contributed by atoms with Crippen LogP contribution in [0.5, 0.6) is 11.6 Å². The largest absolute Gasteiger partial charge is 0.478 e. The lowest BCUT2D eigenvalue weighted by atomic mass is 10.2. The number of carboxylic acids is 1. The van der Waals surface area contributed by atoms with Gasteiger partial charge in [-0.2, -0.15) is 10.4 Å². The van der Waals surface area contributed by atoms with Crippen LogP contribution in [0.4, 0.5) is 0 Å². The lowest BCUT2D eigenvalue weighted by Gasteiger charge is -2.08. The molecule has 0 aliphatic heterocycles. The van der Waals surface area contributed by atoms with E-state index in [4.69, 9.17) is 26.7 Å². The molecule has 102 valence electrons. The molecule has 20 heavy (non-hydrogen) atoms. The minimum Gasteiger partial charge on any atom is -0.478 e. The number of ether oxygens (including phenoxy) is 1. The van der Waals surface area contributed by atoms with Crippen molar-refractivity contribution in [2.75, 3.05) is 0 Å². The molecule has 1 heterocycles. The van der Waals surface area contributed by atoms with Gasteiger partial charge in [0, 0.05) is 7.05 Å². The molecule has 0 saturated carbocycles. The van der Waals surface area contributed by atoms with Crippen molar-refractivity contribution in [1.82, 2.24) is 9.78 Å². The molecule has 1 aromatic heterocycles. The predicted octanol–water partition coefficient (Wildman–Crippen LogP) is 2.74. The Morgan fingerprint density at radius 3 is 2.80 bits per heavy atom. The lowest BCUT2D eigenvalue weighted by molar-refractivity contribution is 0.0697. The average Bonchev–Trinajstić information content (AvgIpc) is 2.65. The Hall–Kier alpha value is -2.52. The third-order valence-electron chi connectivity index (χ3n) is 2.67. The highest BCUT2D eigenvalue weighted by atomic mass is 35.5. The fourth-order valence-corrected chi connectivity index (χ4v) is 1.92. The molecule has 0 fully saturated rings. The highest BCUT2D eigenvalue weighted by molar-refractivity contribution is 6.32. The summed E-state index contributed by atoms with van der Waals surface area (Å²) in [5.41, 5.74) is 0.915. The number of benzene rings is 1. The number of hydrogen-bond acceptors (Lipinski definition) is 4. The van der Waals surface area contributed by atoms with Crippen LogP contribution >= 0.6 is 11.6 Å². The average molecular weight is 292 g/mol. The first-order valence-electron chi connectivity index (χ1n) is 5.58. The van der Waals surface area contributed by atoms with Gasteiger partial charge in [0.25, 0.3) is 0 Å². The molecule has 0 amide bonds. The van der Waals surface area contributed by atoms with Gasteiger partial charge in [0.15, 0.2) is 0 Å². The second kappa shape index (κ2) is 5.23. The summed E-state index contributed by atoms with van der Waals surface area (Å²) >= 11 is 5.98. The molecule has 0 spiro atoms. The van der Waals surface area contributed by atoms with Gasteiger partial charge in [-0.3, -0.25) is 0 Å². The number of aromatic nitrogens is 2. The summed E-state index contributed by atoms with van der Waals surface area (Å²) in [4.78, 5) is 10.8. The quantitative estimate of drug-likeness (QED) is 0.939. The van der Waals surface area contributed by atoms with Crippen LogP contribution in [0.25, 0.3) is 0 Å². The van der Waals surface area contributed by atoms with Crippen LogP contribution in [0.15, 0.2) is 18.2 Å². The molecular weight excluding hydrogens is 282 g/mol. The van der Waals surface area contributed by atoms with Gasteiger partial charge in [-0.25, -0.2) is 9.48 Å². The number of aryl methyl sites for hydroxylation is 2. The molecule has 6 nitrogen and oxygen atoms in total. The Kier molecular flexibility index (Phi) is 3.63. The zero-order chi connectivity index (χ0) is 14.9. The number of halogens is 1. The minimum absolute atomic E-state index is 0.0593. The van der Waals surface area contributed by atoms with E-state index in [1.807, 2.05) is 6.07 Å². The minimum atomic E-state index is -1.08. The topological polar surface area (TPSA) is 88.1 Å². The first-order valence-corrected chi connectivity index (χ1v) is 5.96. The molecule has 0 atom stereocenters. The molecule has 0 saturated heterocycles. The molecule has 2 aromatic rings.